The average molecular weight is 263 g/mol. The fraction of sp³-hybridized carbons (Fsp3) is 0.417. The minimum Gasteiger partial charge on any atom is -0.354 e. The second kappa shape index (κ2) is 5.77. The van der Waals surface area contributed by atoms with Gasteiger partial charge in [0.25, 0.3) is 0 Å². The van der Waals surface area contributed by atoms with Gasteiger partial charge in [-0.1, -0.05) is 0 Å². The van der Waals surface area contributed by atoms with Gasteiger partial charge in [0.2, 0.25) is 5.95 Å². The van der Waals surface area contributed by atoms with Crippen LogP contribution in [0.3, 0.4) is 0 Å². The van der Waals surface area contributed by atoms with Crippen LogP contribution < -0.4 is 10.2 Å². The lowest BCUT2D eigenvalue weighted by molar-refractivity contribution is 0.861. The van der Waals surface area contributed by atoms with E-state index in [1.807, 2.05) is 32.6 Å². The first-order valence-electron chi connectivity index (χ1n) is 5.86. The summed E-state index contributed by atoms with van der Waals surface area (Å²) >= 11 is 1.61. The van der Waals surface area contributed by atoms with Crippen molar-refractivity contribution < 1.29 is 0 Å². The van der Waals surface area contributed by atoms with E-state index in [2.05, 4.69) is 30.5 Å². The molecule has 18 heavy (non-hydrogen) atoms. The molecule has 0 saturated heterocycles. The van der Waals surface area contributed by atoms with Gasteiger partial charge >= 0.3 is 0 Å². The van der Waals surface area contributed by atoms with Gasteiger partial charge in [0.05, 0.1) is 17.7 Å². The molecule has 2 aromatic heterocycles. The number of hydrogen-bond acceptors (Lipinski definition) is 6. The molecule has 6 heteroatoms. The van der Waals surface area contributed by atoms with Crippen molar-refractivity contribution in [3.8, 4) is 0 Å². The molecule has 0 aromatic carbocycles. The number of nitrogens with zero attached hydrogens (tertiary/aromatic N) is 4. The van der Waals surface area contributed by atoms with E-state index in [9.17, 15) is 0 Å². The number of aromatic nitrogens is 3. The Morgan fingerprint density at radius 2 is 2.22 bits per heavy atom. The van der Waals surface area contributed by atoms with Crippen molar-refractivity contribution in [1.29, 1.82) is 0 Å². The zero-order valence-corrected chi connectivity index (χ0v) is 11.7. The van der Waals surface area contributed by atoms with E-state index in [1.54, 1.807) is 11.3 Å². The molecule has 5 nitrogen and oxygen atoms in total. The van der Waals surface area contributed by atoms with Crippen LogP contribution in [0.5, 0.6) is 0 Å². The van der Waals surface area contributed by atoms with E-state index in [-0.39, 0.29) is 0 Å². The number of nitrogens with one attached hydrogen (secondary N) is 1. The molecule has 0 aliphatic carbocycles. The van der Waals surface area contributed by atoms with Gasteiger partial charge in [0.15, 0.2) is 0 Å². The van der Waals surface area contributed by atoms with E-state index < -0.39 is 0 Å². The Bertz CT molecular complexity index is 497. The quantitative estimate of drug-likeness (QED) is 0.897. The van der Waals surface area contributed by atoms with Gasteiger partial charge < -0.3 is 10.2 Å². The molecule has 0 bridgehead atoms. The SMILES string of the molecule is CCNc1ncc(C)c(N(C)Cc2cscn2)n1. The van der Waals surface area contributed by atoms with Gasteiger partial charge in [-0.2, -0.15) is 4.98 Å². The predicted octanol–water partition coefficient (Wildman–Crippen LogP) is 2.31. The second-order valence-corrected chi connectivity index (χ2v) is 4.79. The Labute approximate surface area is 111 Å². The van der Waals surface area contributed by atoms with Gasteiger partial charge in [-0.05, 0) is 13.8 Å². The highest BCUT2D eigenvalue weighted by atomic mass is 32.1. The minimum absolute atomic E-state index is 0.670. The van der Waals surface area contributed by atoms with Crippen LogP contribution in [0.1, 0.15) is 18.2 Å². The van der Waals surface area contributed by atoms with Gasteiger partial charge in [0, 0.05) is 30.7 Å². The van der Waals surface area contributed by atoms with Crippen LogP contribution in [0.4, 0.5) is 11.8 Å². The Hall–Kier alpha value is -1.69. The zero-order valence-electron chi connectivity index (χ0n) is 10.8. The van der Waals surface area contributed by atoms with Crippen LogP contribution in [0.2, 0.25) is 0 Å². The van der Waals surface area contributed by atoms with Crippen LogP contribution in [0.15, 0.2) is 17.1 Å². The van der Waals surface area contributed by atoms with Crippen molar-refractivity contribution in [2.24, 2.45) is 0 Å². The van der Waals surface area contributed by atoms with Gasteiger partial charge in [-0.15, -0.1) is 11.3 Å². The van der Waals surface area contributed by atoms with Gasteiger partial charge in [0.1, 0.15) is 5.82 Å². The molecule has 2 heterocycles. The maximum atomic E-state index is 4.52. The largest absolute Gasteiger partial charge is 0.354 e. The summed E-state index contributed by atoms with van der Waals surface area (Å²) in [7, 11) is 2.02. The Morgan fingerprint density at radius 3 is 2.89 bits per heavy atom. The van der Waals surface area contributed by atoms with Gasteiger partial charge in [-0.3, -0.25) is 0 Å². The van der Waals surface area contributed by atoms with Crippen LogP contribution in [-0.4, -0.2) is 28.5 Å². The monoisotopic (exact) mass is 263 g/mol. The molecule has 2 aromatic rings. The molecular weight excluding hydrogens is 246 g/mol. The minimum atomic E-state index is 0.670. The Morgan fingerprint density at radius 1 is 1.39 bits per heavy atom. The highest BCUT2D eigenvalue weighted by Gasteiger charge is 2.09. The number of anilines is 2. The molecule has 1 N–H and O–H groups in total. The smallest absolute Gasteiger partial charge is 0.224 e. The molecule has 0 atom stereocenters. The lowest BCUT2D eigenvalue weighted by Gasteiger charge is -2.19. The molecule has 0 radical (unpaired) electrons. The molecular formula is C12H17N5S. The van der Waals surface area contributed by atoms with E-state index >= 15 is 0 Å². The van der Waals surface area contributed by atoms with E-state index in [0.717, 1.165) is 30.2 Å². The fourth-order valence-corrected chi connectivity index (χ4v) is 2.25. The van der Waals surface area contributed by atoms with Crippen molar-refractivity contribution in [2.45, 2.75) is 20.4 Å². The maximum absolute atomic E-state index is 4.52. The Kier molecular flexibility index (Phi) is 4.09. The lowest BCUT2D eigenvalue weighted by Crippen LogP contribution is -2.20. The third kappa shape index (κ3) is 2.95. The molecule has 2 rings (SSSR count). The molecule has 0 amide bonds. The summed E-state index contributed by atoms with van der Waals surface area (Å²) in [6.07, 6.45) is 1.85. The summed E-state index contributed by atoms with van der Waals surface area (Å²) in [6.45, 7) is 5.62. The first kappa shape index (κ1) is 12.8. The third-order valence-electron chi connectivity index (χ3n) is 2.52. The highest BCUT2D eigenvalue weighted by Crippen LogP contribution is 2.18. The number of rotatable bonds is 5. The summed E-state index contributed by atoms with van der Waals surface area (Å²) in [4.78, 5) is 15.1. The van der Waals surface area contributed by atoms with Crippen molar-refractivity contribution >= 4 is 23.1 Å². The number of thiazole rings is 1. The van der Waals surface area contributed by atoms with Crippen LogP contribution in [-0.2, 0) is 6.54 Å². The van der Waals surface area contributed by atoms with Crippen molar-refractivity contribution in [3.05, 3.63) is 28.3 Å². The lowest BCUT2D eigenvalue weighted by atomic mass is 10.3. The average Bonchev–Trinajstić information content (AvgIpc) is 2.84. The topological polar surface area (TPSA) is 53.9 Å². The van der Waals surface area contributed by atoms with Crippen LogP contribution >= 0.6 is 11.3 Å². The molecule has 0 saturated carbocycles. The van der Waals surface area contributed by atoms with Crippen molar-refractivity contribution in [3.63, 3.8) is 0 Å². The van der Waals surface area contributed by atoms with Crippen molar-refractivity contribution in [1.82, 2.24) is 15.0 Å². The molecule has 0 fully saturated rings. The molecule has 0 aliphatic heterocycles. The highest BCUT2D eigenvalue weighted by molar-refractivity contribution is 7.07. The molecule has 0 aliphatic rings. The number of aryl methyl sites for hydroxylation is 1. The molecule has 0 unspecified atom stereocenters. The first-order valence-corrected chi connectivity index (χ1v) is 6.80. The standard InChI is InChI=1S/C12H17N5S/c1-4-13-12-14-5-9(2)11(16-12)17(3)6-10-7-18-8-15-10/h5,7-8H,4,6H2,1-3H3,(H,13,14,16). The molecule has 96 valence electrons. The number of hydrogen-bond donors (Lipinski definition) is 1. The van der Waals surface area contributed by atoms with E-state index in [4.69, 9.17) is 0 Å². The normalized spacial score (nSPS) is 10.4. The summed E-state index contributed by atoms with van der Waals surface area (Å²) in [5.74, 6) is 1.61. The zero-order chi connectivity index (χ0) is 13.0. The van der Waals surface area contributed by atoms with Crippen LogP contribution in [0, 0.1) is 6.92 Å². The second-order valence-electron chi connectivity index (χ2n) is 4.07. The summed E-state index contributed by atoms with van der Waals surface area (Å²) in [6, 6.07) is 0. The first-order chi connectivity index (χ1) is 8.70. The third-order valence-corrected chi connectivity index (χ3v) is 3.16. The van der Waals surface area contributed by atoms with E-state index in [1.165, 1.54) is 0 Å². The fourth-order valence-electron chi connectivity index (χ4n) is 1.70. The Balaban J connectivity index is 2.17. The van der Waals surface area contributed by atoms with E-state index in [0.29, 0.717) is 5.95 Å². The summed E-state index contributed by atoms with van der Waals surface area (Å²) in [5.41, 5.74) is 3.97. The van der Waals surface area contributed by atoms with Crippen molar-refractivity contribution in [2.75, 3.05) is 23.8 Å². The summed E-state index contributed by atoms with van der Waals surface area (Å²) in [5, 5.41) is 5.18. The van der Waals surface area contributed by atoms with Crippen LogP contribution in [0.25, 0.3) is 0 Å². The molecule has 0 spiro atoms. The maximum Gasteiger partial charge on any atom is 0.224 e. The van der Waals surface area contributed by atoms with Gasteiger partial charge in [-0.25, -0.2) is 9.97 Å². The summed E-state index contributed by atoms with van der Waals surface area (Å²) < 4.78 is 0. The predicted molar refractivity (Wildman–Crippen MR) is 75.2 cm³/mol.